The van der Waals surface area contributed by atoms with Crippen LogP contribution >= 0.6 is 0 Å². The number of hydrazone groups is 1. The molecule has 5 aromatic rings. The van der Waals surface area contributed by atoms with Gasteiger partial charge in [0.05, 0.1) is 12.8 Å². The summed E-state index contributed by atoms with van der Waals surface area (Å²) in [4.78, 5) is 12.6. The Kier molecular flexibility index (Phi) is 6.62. The van der Waals surface area contributed by atoms with Crippen molar-refractivity contribution in [2.24, 2.45) is 5.10 Å². The van der Waals surface area contributed by atoms with E-state index in [4.69, 9.17) is 13.9 Å². The Morgan fingerprint density at radius 2 is 1.78 bits per heavy atom. The number of ether oxygens (including phenoxy) is 2. The van der Waals surface area contributed by atoms with Gasteiger partial charge in [0.2, 0.25) is 0 Å². The first kappa shape index (κ1) is 23.1. The van der Waals surface area contributed by atoms with E-state index >= 15 is 0 Å². The van der Waals surface area contributed by atoms with Gasteiger partial charge in [-0.05, 0) is 71.3 Å². The molecule has 0 spiro atoms. The van der Waals surface area contributed by atoms with Crippen LogP contribution in [0.25, 0.3) is 21.7 Å². The molecule has 0 aliphatic heterocycles. The van der Waals surface area contributed by atoms with E-state index in [-0.39, 0.29) is 18.2 Å². The van der Waals surface area contributed by atoms with Gasteiger partial charge in [-0.1, -0.05) is 42.5 Å². The number of carbonyl (C=O) groups excluding carboxylic acids is 1. The van der Waals surface area contributed by atoms with Crippen molar-refractivity contribution in [3.63, 3.8) is 0 Å². The number of nitrogens with zero attached hydrogens (tertiary/aromatic N) is 1. The molecule has 0 atom stereocenters. The van der Waals surface area contributed by atoms with Crippen LogP contribution in [0.2, 0.25) is 0 Å². The SMILES string of the molecule is CCOc1cc(C=NNC(=O)c2cc3c(ccc4ccccc43)o2)ccc1OCc1ccc(F)cc1. The van der Waals surface area contributed by atoms with Gasteiger partial charge in [0, 0.05) is 5.39 Å². The average Bonchev–Trinajstić information content (AvgIpc) is 3.35. The number of furan rings is 1. The van der Waals surface area contributed by atoms with Gasteiger partial charge in [-0.2, -0.15) is 5.10 Å². The fraction of sp³-hybridized carbons (Fsp3) is 0.103. The minimum absolute atomic E-state index is 0.179. The fourth-order valence-electron chi connectivity index (χ4n) is 3.86. The summed E-state index contributed by atoms with van der Waals surface area (Å²) in [6.45, 7) is 2.60. The van der Waals surface area contributed by atoms with Crippen LogP contribution in [0.1, 0.15) is 28.6 Å². The summed E-state index contributed by atoms with van der Waals surface area (Å²) in [7, 11) is 0. The molecule has 4 aromatic carbocycles. The lowest BCUT2D eigenvalue weighted by Gasteiger charge is -2.12. The fourth-order valence-corrected chi connectivity index (χ4v) is 3.86. The molecule has 0 radical (unpaired) electrons. The number of halogens is 1. The maximum absolute atomic E-state index is 13.1. The van der Waals surface area contributed by atoms with E-state index in [0.29, 0.717) is 29.3 Å². The summed E-state index contributed by atoms with van der Waals surface area (Å²) in [5.74, 6) is 0.531. The van der Waals surface area contributed by atoms with Gasteiger partial charge in [0.1, 0.15) is 18.0 Å². The van der Waals surface area contributed by atoms with Crippen molar-refractivity contribution in [1.82, 2.24) is 5.43 Å². The molecule has 1 N–H and O–H groups in total. The highest BCUT2D eigenvalue weighted by Crippen LogP contribution is 2.30. The number of hydrogen-bond donors (Lipinski definition) is 1. The molecule has 0 aliphatic rings. The van der Waals surface area contributed by atoms with Crippen molar-refractivity contribution >= 4 is 33.9 Å². The van der Waals surface area contributed by atoms with Crippen LogP contribution < -0.4 is 14.9 Å². The highest BCUT2D eigenvalue weighted by Gasteiger charge is 2.13. The minimum Gasteiger partial charge on any atom is -0.490 e. The van der Waals surface area contributed by atoms with Gasteiger partial charge in [-0.15, -0.1) is 0 Å². The Balaban J connectivity index is 1.27. The van der Waals surface area contributed by atoms with Crippen LogP contribution in [-0.4, -0.2) is 18.7 Å². The average molecular weight is 483 g/mol. The first-order valence-corrected chi connectivity index (χ1v) is 11.5. The Bertz CT molecular complexity index is 1560. The molecule has 6 nitrogen and oxygen atoms in total. The van der Waals surface area contributed by atoms with E-state index in [0.717, 1.165) is 21.7 Å². The van der Waals surface area contributed by atoms with Crippen molar-refractivity contribution in [3.05, 3.63) is 108 Å². The van der Waals surface area contributed by atoms with E-state index in [9.17, 15) is 9.18 Å². The molecule has 0 fully saturated rings. The van der Waals surface area contributed by atoms with E-state index in [1.165, 1.54) is 18.3 Å². The number of fused-ring (bicyclic) bond motifs is 3. The van der Waals surface area contributed by atoms with E-state index in [2.05, 4.69) is 10.5 Å². The quantitative estimate of drug-likeness (QED) is 0.203. The predicted molar refractivity (Wildman–Crippen MR) is 137 cm³/mol. The maximum Gasteiger partial charge on any atom is 0.307 e. The van der Waals surface area contributed by atoms with Gasteiger partial charge in [0.15, 0.2) is 17.3 Å². The third-order valence-corrected chi connectivity index (χ3v) is 5.60. The molecule has 1 amide bonds. The summed E-state index contributed by atoms with van der Waals surface area (Å²) in [5.41, 5.74) is 4.70. The van der Waals surface area contributed by atoms with Crippen molar-refractivity contribution in [1.29, 1.82) is 0 Å². The minimum atomic E-state index is -0.448. The second-order valence-electron chi connectivity index (χ2n) is 8.06. The molecule has 0 unspecified atom stereocenters. The number of carbonyl (C=O) groups is 1. The van der Waals surface area contributed by atoms with Crippen LogP contribution in [0.5, 0.6) is 11.5 Å². The third kappa shape index (κ3) is 5.05. The smallest absolute Gasteiger partial charge is 0.307 e. The third-order valence-electron chi connectivity index (χ3n) is 5.60. The topological polar surface area (TPSA) is 73.1 Å². The van der Waals surface area contributed by atoms with Gasteiger partial charge in [0.25, 0.3) is 0 Å². The van der Waals surface area contributed by atoms with Gasteiger partial charge in [-0.3, -0.25) is 4.79 Å². The second-order valence-corrected chi connectivity index (χ2v) is 8.06. The number of rotatable bonds is 8. The summed E-state index contributed by atoms with van der Waals surface area (Å²) < 4.78 is 30.4. The standard InChI is InChI=1S/C29H23FN2O4/c1-2-34-27-15-20(9-13-26(27)35-18-19-7-11-22(30)12-8-19)17-31-32-29(33)28-16-24-23-6-4-3-5-21(23)10-14-25(24)36-28/h3-17H,2,18H2,1H3,(H,32,33). The van der Waals surface area contributed by atoms with Crippen LogP contribution in [0, 0.1) is 5.82 Å². The Hall–Kier alpha value is -4.65. The van der Waals surface area contributed by atoms with Crippen molar-refractivity contribution < 1.29 is 23.1 Å². The summed E-state index contributed by atoms with van der Waals surface area (Å²) >= 11 is 0. The van der Waals surface area contributed by atoms with Gasteiger partial charge >= 0.3 is 5.91 Å². The largest absolute Gasteiger partial charge is 0.490 e. The van der Waals surface area contributed by atoms with Crippen LogP contribution in [-0.2, 0) is 6.61 Å². The monoisotopic (exact) mass is 482 g/mol. The second kappa shape index (κ2) is 10.3. The normalized spacial score (nSPS) is 11.3. The first-order chi connectivity index (χ1) is 17.6. The molecule has 1 aromatic heterocycles. The lowest BCUT2D eigenvalue weighted by molar-refractivity contribution is 0.0929. The van der Waals surface area contributed by atoms with Crippen molar-refractivity contribution in [3.8, 4) is 11.5 Å². The zero-order valence-corrected chi connectivity index (χ0v) is 19.5. The maximum atomic E-state index is 13.1. The lowest BCUT2D eigenvalue weighted by atomic mass is 10.1. The molecule has 0 saturated heterocycles. The van der Waals surface area contributed by atoms with Crippen LogP contribution in [0.4, 0.5) is 4.39 Å². The Morgan fingerprint density at radius 3 is 2.61 bits per heavy atom. The molecule has 0 bridgehead atoms. The summed E-state index contributed by atoms with van der Waals surface area (Å²) in [6.07, 6.45) is 1.52. The molecule has 5 rings (SSSR count). The number of amides is 1. The lowest BCUT2D eigenvalue weighted by Crippen LogP contribution is -2.16. The first-order valence-electron chi connectivity index (χ1n) is 11.5. The van der Waals surface area contributed by atoms with Gasteiger partial charge in [-0.25, -0.2) is 9.82 Å². The summed E-state index contributed by atoms with van der Waals surface area (Å²) in [6, 6.07) is 24.9. The van der Waals surface area contributed by atoms with Crippen LogP contribution in [0.15, 0.2) is 94.4 Å². The van der Waals surface area contributed by atoms with Crippen molar-refractivity contribution in [2.75, 3.05) is 6.61 Å². The molecule has 36 heavy (non-hydrogen) atoms. The van der Waals surface area contributed by atoms with E-state index in [1.807, 2.05) is 43.3 Å². The Labute approximate surface area is 206 Å². The number of benzene rings is 4. The molecule has 7 heteroatoms. The number of hydrogen-bond acceptors (Lipinski definition) is 5. The molecule has 1 heterocycles. The van der Waals surface area contributed by atoms with Gasteiger partial charge < -0.3 is 13.9 Å². The highest BCUT2D eigenvalue weighted by atomic mass is 19.1. The van der Waals surface area contributed by atoms with E-state index < -0.39 is 5.91 Å². The molecule has 0 aliphatic carbocycles. The zero-order chi connectivity index (χ0) is 24.9. The van der Waals surface area contributed by atoms with E-state index in [1.54, 1.807) is 36.4 Å². The molecular weight excluding hydrogens is 459 g/mol. The summed E-state index contributed by atoms with van der Waals surface area (Å²) in [5, 5.41) is 7.04. The Morgan fingerprint density at radius 1 is 0.944 bits per heavy atom. The zero-order valence-electron chi connectivity index (χ0n) is 19.5. The van der Waals surface area contributed by atoms with Crippen LogP contribution in [0.3, 0.4) is 0 Å². The molecule has 180 valence electrons. The molecule has 0 saturated carbocycles. The molecular formula is C29H23FN2O4. The van der Waals surface area contributed by atoms with Crippen molar-refractivity contribution in [2.45, 2.75) is 13.5 Å². The number of nitrogens with one attached hydrogen (secondary N) is 1. The predicted octanol–water partition coefficient (Wildman–Crippen LogP) is 6.47. The highest BCUT2D eigenvalue weighted by molar-refractivity contribution is 6.08.